The molecule has 0 fully saturated rings. The van der Waals surface area contributed by atoms with Crippen molar-refractivity contribution in [2.45, 2.75) is 23.6 Å². The van der Waals surface area contributed by atoms with E-state index >= 15 is 0 Å². The summed E-state index contributed by atoms with van der Waals surface area (Å²) in [6, 6.07) is 13.3. The van der Waals surface area contributed by atoms with E-state index in [0.717, 1.165) is 16.1 Å². The van der Waals surface area contributed by atoms with Gasteiger partial charge >= 0.3 is 0 Å². The quantitative estimate of drug-likeness (QED) is 0.853. The summed E-state index contributed by atoms with van der Waals surface area (Å²) >= 11 is 1.25. The van der Waals surface area contributed by atoms with Gasteiger partial charge in [-0.25, -0.2) is 4.39 Å². The van der Waals surface area contributed by atoms with Gasteiger partial charge in [0.25, 0.3) is 0 Å². The summed E-state index contributed by atoms with van der Waals surface area (Å²) in [7, 11) is 0. The number of rotatable bonds is 4. The van der Waals surface area contributed by atoms with Crippen LogP contribution in [-0.2, 0) is 16.1 Å². The number of amides is 1. The summed E-state index contributed by atoms with van der Waals surface area (Å²) in [4.78, 5) is 26.5. The monoisotopic (exact) mass is 344 g/mol. The maximum Gasteiger partial charge on any atom is 0.241 e. The molecule has 0 aromatic heterocycles. The van der Waals surface area contributed by atoms with Gasteiger partial charge in [0, 0.05) is 16.8 Å². The lowest BCUT2D eigenvalue weighted by Crippen LogP contribution is -2.47. The number of benzene rings is 2. The summed E-state index contributed by atoms with van der Waals surface area (Å²) in [6.07, 6.45) is 0. The van der Waals surface area contributed by atoms with Gasteiger partial charge in [-0.3, -0.25) is 4.79 Å². The number of carboxylic acid groups (broad SMARTS) is 1. The Morgan fingerprint density at radius 3 is 2.58 bits per heavy atom. The average molecular weight is 344 g/mol. The van der Waals surface area contributed by atoms with Gasteiger partial charge in [-0.1, -0.05) is 31.2 Å². The molecular weight excluding hydrogens is 329 g/mol. The third-order valence-corrected chi connectivity index (χ3v) is 5.46. The first kappa shape index (κ1) is 16.5. The molecule has 0 bridgehead atoms. The second-order valence-corrected chi connectivity index (χ2v) is 6.85. The Balaban J connectivity index is 1.97. The number of nitrogens with zero attached hydrogens (tertiary/aromatic N) is 1. The van der Waals surface area contributed by atoms with Crippen molar-refractivity contribution < 1.29 is 19.1 Å². The van der Waals surface area contributed by atoms with Crippen LogP contribution in [0, 0.1) is 11.7 Å². The van der Waals surface area contributed by atoms with E-state index in [1.807, 2.05) is 24.3 Å². The number of anilines is 1. The number of carbonyl (C=O) groups is 2. The van der Waals surface area contributed by atoms with E-state index in [9.17, 15) is 19.1 Å². The molecule has 1 heterocycles. The van der Waals surface area contributed by atoms with Gasteiger partial charge in [0.1, 0.15) is 5.82 Å². The Bertz CT molecular complexity index is 778. The van der Waals surface area contributed by atoms with Crippen LogP contribution in [0.5, 0.6) is 0 Å². The fourth-order valence-electron chi connectivity index (χ4n) is 2.61. The minimum atomic E-state index is -1.25. The summed E-state index contributed by atoms with van der Waals surface area (Å²) in [5.74, 6) is -2.78. The van der Waals surface area contributed by atoms with Gasteiger partial charge in [0.15, 0.2) is 0 Å². The van der Waals surface area contributed by atoms with Crippen molar-refractivity contribution >= 4 is 29.3 Å². The molecule has 2 atom stereocenters. The SMILES string of the molecule is CC(C(=O)[O-])C1Sc2ccccc2N(Cc2ccc(F)cc2)C1=O. The molecule has 1 amide bonds. The third kappa shape index (κ3) is 3.14. The largest absolute Gasteiger partial charge is 0.550 e. The number of aliphatic carboxylic acids is 1. The third-order valence-electron chi connectivity index (χ3n) is 4.00. The molecule has 0 aliphatic carbocycles. The summed E-state index contributed by atoms with van der Waals surface area (Å²) < 4.78 is 13.1. The van der Waals surface area contributed by atoms with E-state index in [1.165, 1.54) is 30.8 Å². The second-order valence-electron chi connectivity index (χ2n) is 5.66. The molecule has 0 saturated carbocycles. The summed E-state index contributed by atoms with van der Waals surface area (Å²) in [6.45, 7) is 1.74. The second kappa shape index (κ2) is 6.65. The Morgan fingerprint density at radius 2 is 1.92 bits per heavy atom. The molecule has 0 N–H and O–H groups in total. The van der Waals surface area contributed by atoms with Crippen molar-refractivity contribution in [3.05, 3.63) is 59.9 Å². The molecule has 124 valence electrons. The van der Waals surface area contributed by atoms with Crippen LogP contribution in [0.25, 0.3) is 0 Å². The van der Waals surface area contributed by atoms with E-state index in [0.29, 0.717) is 0 Å². The maximum atomic E-state index is 13.1. The van der Waals surface area contributed by atoms with Crippen molar-refractivity contribution in [1.29, 1.82) is 0 Å². The van der Waals surface area contributed by atoms with E-state index < -0.39 is 17.1 Å². The highest BCUT2D eigenvalue weighted by molar-refractivity contribution is 8.01. The normalized spacial score (nSPS) is 18.2. The van der Waals surface area contributed by atoms with Crippen molar-refractivity contribution in [3.63, 3.8) is 0 Å². The topological polar surface area (TPSA) is 60.4 Å². The zero-order valence-electron chi connectivity index (χ0n) is 12.9. The van der Waals surface area contributed by atoms with Gasteiger partial charge in [-0.05, 0) is 29.8 Å². The molecule has 0 spiro atoms. The van der Waals surface area contributed by atoms with Crippen LogP contribution in [0.2, 0.25) is 0 Å². The van der Waals surface area contributed by atoms with E-state index in [2.05, 4.69) is 0 Å². The van der Waals surface area contributed by atoms with Crippen molar-refractivity contribution in [3.8, 4) is 0 Å². The Kier molecular flexibility index (Phi) is 4.57. The fraction of sp³-hybridized carbons (Fsp3) is 0.222. The standard InChI is InChI=1S/C18H16FNO3S/c1-11(18(22)23)16-17(21)20(10-12-6-8-13(19)9-7-12)14-4-2-3-5-15(14)24-16/h2-9,11,16H,10H2,1H3,(H,22,23)/p-1. The first-order chi connectivity index (χ1) is 11.5. The molecule has 4 nitrogen and oxygen atoms in total. The Labute approximate surface area is 143 Å². The van der Waals surface area contributed by atoms with Gasteiger partial charge in [0.05, 0.1) is 17.5 Å². The lowest BCUT2D eigenvalue weighted by Gasteiger charge is -2.36. The smallest absolute Gasteiger partial charge is 0.241 e. The maximum absolute atomic E-state index is 13.1. The van der Waals surface area contributed by atoms with Crippen LogP contribution in [-0.4, -0.2) is 17.1 Å². The fourth-order valence-corrected chi connectivity index (χ4v) is 3.89. The Morgan fingerprint density at radius 1 is 1.25 bits per heavy atom. The van der Waals surface area contributed by atoms with Gasteiger partial charge in [-0.2, -0.15) is 0 Å². The van der Waals surface area contributed by atoms with Gasteiger partial charge < -0.3 is 14.8 Å². The average Bonchev–Trinajstić information content (AvgIpc) is 2.58. The number of thioether (sulfide) groups is 1. The van der Waals surface area contributed by atoms with Crippen molar-refractivity contribution in [1.82, 2.24) is 0 Å². The van der Waals surface area contributed by atoms with Crippen LogP contribution in [0.1, 0.15) is 12.5 Å². The lowest BCUT2D eigenvalue weighted by molar-refractivity contribution is -0.310. The van der Waals surface area contributed by atoms with Gasteiger partial charge in [0.2, 0.25) is 5.91 Å². The number of fused-ring (bicyclic) bond motifs is 1. The zero-order valence-corrected chi connectivity index (χ0v) is 13.8. The summed E-state index contributed by atoms with van der Waals surface area (Å²) in [5.41, 5.74) is 1.50. The van der Waals surface area contributed by atoms with Crippen LogP contribution < -0.4 is 10.0 Å². The first-order valence-electron chi connectivity index (χ1n) is 7.49. The molecule has 0 radical (unpaired) electrons. The minimum Gasteiger partial charge on any atom is -0.550 e. The molecule has 6 heteroatoms. The number of carboxylic acids is 1. The molecule has 2 aromatic carbocycles. The molecule has 24 heavy (non-hydrogen) atoms. The lowest BCUT2D eigenvalue weighted by atomic mass is 10.1. The highest BCUT2D eigenvalue weighted by atomic mass is 32.2. The zero-order chi connectivity index (χ0) is 17.3. The molecule has 3 rings (SSSR count). The molecule has 0 saturated heterocycles. The predicted molar refractivity (Wildman–Crippen MR) is 87.8 cm³/mol. The molecule has 1 aliphatic heterocycles. The first-order valence-corrected chi connectivity index (χ1v) is 8.37. The highest BCUT2D eigenvalue weighted by Crippen LogP contribution is 2.42. The molecule has 2 aromatic rings. The number of carbonyl (C=O) groups excluding carboxylic acids is 2. The van der Waals surface area contributed by atoms with Crippen LogP contribution in [0.4, 0.5) is 10.1 Å². The number of para-hydroxylation sites is 1. The number of halogens is 1. The molecule has 2 unspecified atom stereocenters. The van der Waals surface area contributed by atoms with Crippen molar-refractivity contribution in [2.24, 2.45) is 5.92 Å². The molecular formula is C18H15FNO3S-. The number of hydrogen-bond donors (Lipinski definition) is 0. The van der Waals surface area contributed by atoms with E-state index in [4.69, 9.17) is 0 Å². The van der Waals surface area contributed by atoms with Crippen LogP contribution in [0.15, 0.2) is 53.4 Å². The number of hydrogen-bond acceptors (Lipinski definition) is 4. The highest BCUT2D eigenvalue weighted by Gasteiger charge is 2.37. The van der Waals surface area contributed by atoms with Crippen LogP contribution >= 0.6 is 11.8 Å². The van der Waals surface area contributed by atoms with Gasteiger partial charge in [-0.15, -0.1) is 11.8 Å². The predicted octanol–water partition coefficient (Wildman–Crippen LogP) is 2.22. The summed E-state index contributed by atoms with van der Waals surface area (Å²) in [5, 5.41) is 10.5. The van der Waals surface area contributed by atoms with Crippen LogP contribution in [0.3, 0.4) is 0 Å². The Hall–Kier alpha value is -2.34. The van der Waals surface area contributed by atoms with Crippen molar-refractivity contribution in [2.75, 3.05) is 4.90 Å². The van der Waals surface area contributed by atoms with E-state index in [-0.39, 0.29) is 18.3 Å². The molecule has 1 aliphatic rings. The van der Waals surface area contributed by atoms with E-state index in [1.54, 1.807) is 17.0 Å². The minimum absolute atomic E-state index is 0.257.